The molecule has 1 aliphatic rings. The highest BCUT2D eigenvalue weighted by Gasteiger charge is 2.25. The van der Waals surface area contributed by atoms with Crippen LogP contribution in [0.3, 0.4) is 0 Å². The van der Waals surface area contributed by atoms with E-state index in [9.17, 15) is 9.59 Å². The molecule has 0 aromatic rings. The molecule has 1 saturated carbocycles. The number of aliphatic carboxylic acids is 1. The van der Waals surface area contributed by atoms with Crippen LogP contribution in [0, 0.1) is 11.8 Å². The van der Waals surface area contributed by atoms with Gasteiger partial charge >= 0.3 is 12.0 Å². The van der Waals surface area contributed by atoms with Crippen molar-refractivity contribution in [2.75, 3.05) is 6.54 Å². The van der Waals surface area contributed by atoms with Crippen LogP contribution >= 0.6 is 0 Å². The number of carboxylic acid groups (broad SMARTS) is 1. The molecule has 1 aliphatic carbocycles. The molecule has 0 aromatic carbocycles. The highest BCUT2D eigenvalue weighted by molar-refractivity contribution is 5.76. The van der Waals surface area contributed by atoms with Gasteiger partial charge in [-0.05, 0) is 32.1 Å². The quantitative estimate of drug-likeness (QED) is 0.717. The second kappa shape index (κ2) is 6.78. The van der Waals surface area contributed by atoms with E-state index in [1.165, 1.54) is 25.7 Å². The molecular formula is C14H26N2O3. The summed E-state index contributed by atoms with van der Waals surface area (Å²) >= 11 is 0. The maximum absolute atomic E-state index is 11.8. The molecule has 2 amide bonds. The van der Waals surface area contributed by atoms with E-state index in [4.69, 9.17) is 5.11 Å². The number of carboxylic acids is 1. The Labute approximate surface area is 115 Å². The number of urea groups is 1. The van der Waals surface area contributed by atoms with Crippen molar-refractivity contribution in [1.29, 1.82) is 0 Å². The first-order valence-corrected chi connectivity index (χ1v) is 7.08. The fraction of sp³-hybridized carbons (Fsp3) is 0.857. The van der Waals surface area contributed by atoms with E-state index in [1.54, 1.807) is 13.8 Å². The average Bonchev–Trinajstić information content (AvgIpc) is 2.25. The van der Waals surface area contributed by atoms with E-state index in [0.717, 1.165) is 0 Å². The third kappa shape index (κ3) is 5.94. The molecular weight excluding hydrogens is 244 g/mol. The van der Waals surface area contributed by atoms with Crippen LogP contribution in [0.25, 0.3) is 0 Å². The lowest BCUT2D eigenvalue weighted by molar-refractivity contribution is -0.138. The zero-order chi connectivity index (χ0) is 14.5. The third-order valence-corrected chi connectivity index (χ3v) is 3.86. The average molecular weight is 270 g/mol. The Hall–Kier alpha value is -1.26. The van der Waals surface area contributed by atoms with E-state index < -0.39 is 11.5 Å². The van der Waals surface area contributed by atoms with E-state index in [-0.39, 0.29) is 12.5 Å². The van der Waals surface area contributed by atoms with Gasteiger partial charge in [0.1, 0.15) is 0 Å². The lowest BCUT2D eigenvalue weighted by Gasteiger charge is -2.30. The van der Waals surface area contributed by atoms with E-state index >= 15 is 0 Å². The van der Waals surface area contributed by atoms with Crippen LogP contribution in [0.15, 0.2) is 0 Å². The van der Waals surface area contributed by atoms with Gasteiger partial charge in [0.2, 0.25) is 0 Å². The minimum absolute atomic E-state index is 0.0831. The molecule has 0 aromatic heterocycles. The van der Waals surface area contributed by atoms with Crippen molar-refractivity contribution >= 4 is 12.0 Å². The van der Waals surface area contributed by atoms with Gasteiger partial charge in [-0.25, -0.2) is 4.79 Å². The molecule has 2 unspecified atom stereocenters. The van der Waals surface area contributed by atoms with Crippen LogP contribution in [-0.2, 0) is 4.79 Å². The lowest BCUT2D eigenvalue weighted by atomic mass is 9.80. The number of rotatable bonds is 5. The summed E-state index contributed by atoms with van der Waals surface area (Å²) < 4.78 is 0. The van der Waals surface area contributed by atoms with Crippen LogP contribution in [0.5, 0.6) is 0 Å². The number of hydrogen-bond donors (Lipinski definition) is 3. The van der Waals surface area contributed by atoms with Crippen LogP contribution in [0.2, 0.25) is 0 Å². The van der Waals surface area contributed by atoms with Crippen LogP contribution in [-0.4, -0.2) is 29.2 Å². The second-order valence-electron chi connectivity index (χ2n) is 6.31. The van der Waals surface area contributed by atoms with Gasteiger partial charge in [0.25, 0.3) is 0 Å². The SMILES string of the molecule is CC1CCCCC1CNC(=O)NC(C)(C)CC(=O)O. The predicted molar refractivity (Wildman–Crippen MR) is 74.0 cm³/mol. The zero-order valence-corrected chi connectivity index (χ0v) is 12.2. The second-order valence-corrected chi connectivity index (χ2v) is 6.31. The molecule has 5 nitrogen and oxygen atoms in total. The number of carbonyl (C=O) groups is 2. The molecule has 1 fully saturated rings. The molecule has 19 heavy (non-hydrogen) atoms. The molecule has 0 saturated heterocycles. The Kier molecular flexibility index (Phi) is 5.63. The number of carbonyl (C=O) groups excluding carboxylic acids is 1. The van der Waals surface area contributed by atoms with Crippen molar-refractivity contribution in [3.05, 3.63) is 0 Å². The molecule has 2 atom stereocenters. The normalized spacial score (nSPS) is 23.7. The van der Waals surface area contributed by atoms with Gasteiger partial charge < -0.3 is 15.7 Å². The summed E-state index contributed by atoms with van der Waals surface area (Å²) in [6, 6.07) is -0.274. The van der Waals surface area contributed by atoms with Crippen molar-refractivity contribution < 1.29 is 14.7 Å². The summed E-state index contributed by atoms with van der Waals surface area (Å²) in [6.07, 6.45) is 4.84. The highest BCUT2D eigenvalue weighted by atomic mass is 16.4. The Balaban J connectivity index is 2.32. The van der Waals surface area contributed by atoms with Crippen LogP contribution < -0.4 is 10.6 Å². The Bertz CT molecular complexity index is 329. The smallest absolute Gasteiger partial charge is 0.315 e. The number of amides is 2. The van der Waals surface area contributed by atoms with Gasteiger partial charge in [-0.1, -0.05) is 26.2 Å². The molecule has 0 aliphatic heterocycles. The van der Waals surface area contributed by atoms with Crippen molar-refractivity contribution in [2.24, 2.45) is 11.8 Å². The molecule has 3 N–H and O–H groups in total. The Morgan fingerprint density at radius 1 is 1.26 bits per heavy atom. The van der Waals surface area contributed by atoms with Crippen LogP contribution in [0.4, 0.5) is 4.79 Å². The highest BCUT2D eigenvalue weighted by Crippen LogP contribution is 2.28. The monoisotopic (exact) mass is 270 g/mol. The van der Waals surface area contributed by atoms with Gasteiger partial charge in [0.05, 0.1) is 6.42 Å². The number of nitrogens with one attached hydrogen (secondary N) is 2. The summed E-state index contributed by atoms with van der Waals surface area (Å²) in [7, 11) is 0. The molecule has 1 rings (SSSR count). The molecule has 0 spiro atoms. The van der Waals surface area contributed by atoms with E-state index in [1.807, 2.05) is 0 Å². The standard InChI is InChI=1S/C14H26N2O3/c1-10-6-4-5-7-11(10)9-15-13(19)16-14(2,3)8-12(17)18/h10-11H,4-9H2,1-3H3,(H,17,18)(H2,15,16,19). The largest absolute Gasteiger partial charge is 0.481 e. The lowest BCUT2D eigenvalue weighted by Crippen LogP contribution is -2.50. The maximum Gasteiger partial charge on any atom is 0.315 e. The number of hydrogen-bond acceptors (Lipinski definition) is 2. The minimum Gasteiger partial charge on any atom is -0.481 e. The zero-order valence-electron chi connectivity index (χ0n) is 12.2. The molecule has 5 heteroatoms. The van der Waals surface area contributed by atoms with Crippen molar-refractivity contribution in [1.82, 2.24) is 10.6 Å². The Morgan fingerprint density at radius 2 is 1.89 bits per heavy atom. The van der Waals surface area contributed by atoms with Gasteiger partial charge in [-0.3, -0.25) is 4.79 Å². The molecule has 0 bridgehead atoms. The fourth-order valence-electron chi connectivity index (χ4n) is 2.69. The van der Waals surface area contributed by atoms with Crippen LogP contribution in [0.1, 0.15) is 52.9 Å². The molecule has 0 heterocycles. The van der Waals surface area contributed by atoms with Gasteiger partial charge in [-0.15, -0.1) is 0 Å². The Morgan fingerprint density at radius 3 is 2.47 bits per heavy atom. The first-order valence-electron chi connectivity index (χ1n) is 7.08. The minimum atomic E-state index is -0.911. The van der Waals surface area contributed by atoms with E-state index in [2.05, 4.69) is 17.6 Å². The fourth-order valence-corrected chi connectivity index (χ4v) is 2.69. The van der Waals surface area contributed by atoms with Crippen molar-refractivity contribution in [2.45, 2.75) is 58.4 Å². The topological polar surface area (TPSA) is 78.4 Å². The van der Waals surface area contributed by atoms with Crippen molar-refractivity contribution in [3.8, 4) is 0 Å². The maximum atomic E-state index is 11.8. The summed E-state index contributed by atoms with van der Waals surface area (Å²) in [5, 5.41) is 14.3. The van der Waals surface area contributed by atoms with Gasteiger partial charge in [0, 0.05) is 12.1 Å². The molecule has 0 radical (unpaired) electrons. The first-order chi connectivity index (χ1) is 8.80. The van der Waals surface area contributed by atoms with Gasteiger partial charge in [-0.2, -0.15) is 0 Å². The summed E-state index contributed by atoms with van der Waals surface area (Å²) in [6.45, 7) is 6.34. The third-order valence-electron chi connectivity index (χ3n) is 3.86. The summed E-state index contributed by atoms with van der Waals surface area (Å²) in [5.41, 5.74) is -0.728. The summed E-state index contributed by atoms with van der Waals surface area (Å²) in [4.78, 5) is 22.4. The van der Waals surface area contributed by atoms with Gasteiger partial charge in [0.15, 0.2) is 0 Å². The predicted octanol–water partition coefficient (Wildman–Crippen LogP) is 2.37. The van der Waals surface area contributed by atoms with E-state index in [0.29, 0.717) is 18.4 Å². The van der Waals surface area contributed by atoms with Crippen molar-refractivity contribution in [3.63, 3.8) is 0 Å². The molecule has 110 valence electrons. The summed E-state index contributed by atoms with van der Waals surface area (Å²) in [5.74, 6) is 0.286. The first kappa shape index (κ1) is 15.8.